The Hall–Kier alpha value is -0.633. The lowest BCUT2D eigenvalue weighted by Crippen LogP contribution is -2.56. The standard InChI is InChI=1S/C13H14F2NO2SSi/c14-12(15)18-9-3-4-10-8(6-9)7-17-11-2-1-5-16-13(10,11)19-20/h3-4,6,11-12,16H,1-2,5,7H2/t11-,13-/m0/s1. The summed E-state index contributed by atoms with van der Waals surface area (Å²) in [7, 11) is 3.55. The van der Waals surface area contributed by atoms with Gasteiger partial charge in [-0.3, -0.25) is 5.32 Å². The van der Waals surface area contributed by atoms with Crippen LogP contribution in [0, 0.1) is 0 Å². The molecule has 2 aliphatic heterocycles. The molecule has 1 aromatic rings. The fourth-order valence-electron chi connectivity index (χ4n) is 2.92. The van der Waals surface area contributed by atoms with Crippen molar-refractivity contribution in [1.29, 1.82) is 0 Å². The molecule has 2 heterocycles. The van der Waals surface area contributed by atoms with E-state index in [0.29, 0.717) is 6.61 Å². The van der Waals surface area contributed by atoms with Crippen molar-refractivity contribution in [2.75, 3.05) is 6.54 Å². The number of rotatable bonds is 3. The van der Waals surface area contributed by atoms with E-state index in [-0.39, 0.29) is 16.7 Å². The SMILES string of the molecule is FC(F)Oc1ccc2c(c1)CO[C@H]1CCCN[C@]21S[Si]. The highest BCUT2D eigenvalue weighted by Gasteiger charge is 2.46. The van der Waals surface area contributed by atoms with Gasteiger partial charge in [-0.2, -0.15) is 20.0 Å². The number of piperidine rings is 1. The molecule has 3 radical (unpaired) electrons. The quantitative estimate of drug-likeness (QED) is 0.869. The molecule has 0 saturated carbocycles. The zero-order valence-corrected chi connectivity index (χ0v) is 12.5. The predicted molar refractivity (Wildman–Crippen MR) is 73.9 cm³/mol. The summed E-state index contributed by atoms with van der Waals surface area (Å²) in [6.07, 6.45) is 2.13. The lowest BCUT2D eigenvalue weighted by Gasteiger charge is -2.47. The summed E-state index contributed by atoms with van der Waals surface area (Å²) in [6, 6.07) is 5.08. The van der Waals surface area contributed by atoms with E-state index in [0.717, 1.165) is 30.5 Å². The first-order valence-corrected chi connectivity index (χ1v) is 8.49. The van der Waals surface area contributed by atoms with Gasteiger partial charge >= 0.3 is 6.61 Å². The maximum atomic E-state index is 12.3. The number of hydrogen-bond acceptors (Lipinski definition) is 4. The van der Waals surface area contributed by atoms with Crippen molar-refractivity contribution in [2.45, 2.75) is 37.0 Å². The highest BCUT2D eigenvalue weighted by molar-refractivity contribution is 8.20. The number of hydrogen-bond donors (Lipinski definition) is 1. The minimum absolute atomic E-state index is 0.0770. The van der Waals surface area contributed by atoms with Gasteiger partial charge in [-0.25, -0.2) is 0 Å². The molecule has 0 aromatic heterocycles. The van der Waals surface area contributed by atoms with Gasteiger partial charge in [0, 0.05) is 0 Å². The molecule has 1 aromatic carbocycles. The van der Waals surface area contributed by atoms with Crippen LogP contribution in [0.3, 0.4) is 0 Å². The zero-order valence-electron chi connectivity index (χ0n) is 10.7. The molecule has 0 bridgehead atoms. The Labute approximate surface area is 123 Å². The van der Waals surface area contributed by atoms with Crippen LogP contribution in [0.1, 0.15) is 24.0 Å². The normalized spacial score (nSPS) is 28.9. The summed E-state index contributed by atoms with van der Waals surface area (Å²) >= 11 is 1.52. The van der Waals surface area contributed by atoms with E-state index < -0.39 is 6.61 Å². The van der Waals surface area contributed by atoms with Gasteiger partial charge in [0.05, 0.1) is 12.7 Å². The second-order valence-electron chi connectivity index (χ2n) is 4.90. The van der Waals surface area contributed by atoms with Gasteiger partial charge in [0.2, 0.25) is 0 Å². The average Bonchev–Trinajstić information content (AvgIpc) is 2.46. The third-order valence-electron chi connectivity index (χ3n) is 3.79. The molecule has 1 fully saturated rings. The van der Waals surface area contributed by atoms with E-state index in [1.807, 2.05) is 6.07 Å². The Bertz CT molecular complexity index is 505. The fraction of sp³-hybridized carbons (Fsp3) is 0.538. The number of fused-ring (bicyclic) bond motifs is 3. The highest BCUT2D eigenvalue weighted by Crippen LogP contribution is 2.46. The number of alkyl halides is 2. The van der Waals surface area contributed by atoms with Crippen LogP contribution in [0.5, 0.6) is 5.75 Å². The average molecular weight is 314 g/mol. The monoisotopic (exact) mass is 314 g/mol. The largest absolute Gasteiger partial charge is 0.435 e. The van der Waals surface area contributed by atoms with Crippen molar-refractivity contribution in [2.24, 2.45) is 0 Å². The molecule has 7 heteroatoms. The Morgan fingerprint density at radius 1 is 1.50 bits per heavy atom. The van der Waals surface area contributed by atoms with Crippen LogP contribution < -0.4 is 10.1 Å². The maximum absolute atomic E-state index is 12.3. The first kappa shape index (κ1) is 14.3. The van der Waals surface area contributed by atoms with Crippen LogP contribution in [-0.4, -0.2) is 28.7 Å². The maximum Gasteiger partial charge on any atom is 0.387 e. The van der Waals surface area contributed by atoms with Gasteiger partial charge in [0.25, 0.3) is 0 Å². The molecule has 3 nitrogen and oxygen atoms in total. The molecular weight excluding hydrogens is 300 g/mol. The first-order chi connectivity index (χ1) is 9.65. The molecule has 107 valence electrons. The summed E-state index contributed by atoms with van der Waals surface area (Å²) in [5.74, 6) is 0.172. The summed E-state index contributed by atoms with van der Waals surface area (Å²) in [4.78, 5) is -0.355. The molecule has 0 unspecified atom stereocenters. The van der Waals surface area contributed by atoms with Gasteiger partial charge in [-0.1, -0.05) is 6.07 Å². The molecule has 20 heavy (non-hydrogen) atoms. The number of benzene rings is 1. The molecule has 2 aliphatic rings. The third-order valence-corrected chi connectivity index (χ3v) is 5.70. The minimum Gasteiger partial charge on any atom is -0.435 e. The van der Waals surface area contributed by atoms with Crippen LogP contribution in [0.15, 0.2) is 18.2 Å². The lowest BCUT2D eigenvalue weighted by atomic mass is 9.88. The van der Waals surface area contributed by atoms with Gasteiger partial charge in [0.15, 0.2) is 0 Å². The van der Waals surface area contributed by atoms with Crippen molar-refractivity contribution >= 4 is 20.6 Å². The molecule has 3 rings (SSSR count). The Kier molecular flexibility index (Phi) is 4.03. The van der Waals surface area contributed by atoms with E-state index >= 15 is 0 Å². The highest BCUT2D eigenvalue weighted by atomic mass is 32.4. The third kappa shape index (κ3) is 2.36. The molecule has 0 spiro atoms. The molecule has 0 aliphatic carbocycles. The van der Waals surface area contributed by atoms with Crippen LogP contribution in [0.4, 0.5) is 8.78 Å². The van der Waals surface area contributed by atoms with Crippen molar-refractivity contribution in [1.82, 2.24) is 5.32 Å². The van der Waals surface area contributed by atoms with Crippen LogP contribution >= 0.6 is 11.2 Å². The summed E-state index contributed by atoms with van der Waals surface area (Å²) < 4.78 is 34.9. The predicted octanol–water partition coefficient (Wildman–Crippen LogP) is 2.54. The summed E-state index contributed by atoms with van der Waals surface area (Å²) in [5, 5.41) is 3.50. The molecular formula is C13H14F2NO2SSi. The fourth-order valence-corrected chi connectivity index (χ4v) is 4.66. The van der Waals surface area contributed by atoms with Gasteiger partial charge in [-0.15, -0.1) is 0 Å². The number of halogens is 2. The van der Waals surface area contributed by atoms with E-state index in [4.69, 9.17) is 4.74 Å². The topological polar surface area (TPSA) is 30.5 Å². The van der Waals surface area contributed by atoms with Gasteiger partial charge in [0.1, 0.15) is 20.0 Å². The Balaban J connectivity index is 1.98. The van der Waals surface area contributed by atoms with E-state index in [1.54, 1.807) is 12.1 Å². The number of nitrogens with one attached hydrogen (secondary N) is 1. The molecule has 2 atom stereocenters. The Morgan fingerprint density at radius 3 is 3.10 bits per heavy atom. The molecule has 1 N–H and O–H groups in total. The van der Waals surface area contributed by atoms with Crippen LogP contribution in [-0.2, 0) is 16.2 Å². The van der Waals surface area contributed by atoms with E-state index in [2.05, 4.69) is 19.4 Å². The first-order valence-electron chi connectivity index (χ1n) is 6.45. The van der Waals surface area contributed by atoms with Gasteiger partial charge < -0.3 is 9.47 Å². The Morgan fingerprint density at radius 2 is 2.35 bits per heavy atom. The van der Waals surface area contributed by atoms with Crippen LogP contribution in [0.25, 0.3) is 0 Å². The molecule has 1 saturated heterocycles. The van der Waals surface area contributed by atoms with Crippen LogP contribution in [0.2, 0.25) is 0 Å². The van der Waals surface area contributed by atoms with Gasteiger partial charge in [-0.05, 0) is 42.6 Å². The van der Waals surface area contributed by atoms with E-state index in [9.17, 15) is 8.78 Å². The zero-order chi connectivity index (χ0) is 14.2. The smallest absolute Gasteiger partial charge is 0.387 e. The van der Waals surface area contributed by atoms with Crippen molar-refractivity contribution in [3.05, 3.63) is 29.3 Å². The second kappa shape index (κ2) is 5.63. The van der Waals surface area contributed by atoms with E-state index in [1.165, 1.54) is 11.2 Å². The summed E-state index contributed by atoms with van der Waals surface area (Å²) in [6.45, 7) is -1.47. The molecule has 0 amide bonds. The minimum atomic E-state index is -2.81. The van der Waals surface area contributed by atoms with Crippen molar-refractivity contribution < 1.29 is 18.3 Å². The lowest BCUT2D eigenvalue weighted by molar-refractivity contribution is -0.0510. The van der Waals surface area contributed by atoms with Crippen molar-refractivity contribution in [3.8, 4) is 5.75 Å². The number of ether oxygens (including phenoxy) is 2. The summed E-state index contributed by atoms with van der Waals surface area (Å²) in [5.41, 5.74) is 1.97. The second-order valence-corrected chi connectivity index (χ2v) is 6.36. The van der Waals surface area contributed by atoms with Crippen molar-refractivity contribution in [3.63, 3.8) is 0 Å².